The van der Waals surface area contributed by atoms with Gasteiger partial charge in [-0.05, 0) is 18.6 Å². The fourth-order valence-electron chi connectivity index (χ4n) is 1.51. The van der Waals surface area contributed by atoms with Crippen molar-refractivity contribution in [1.82, 2.24) is 0 Å². The Hall–Kier alpha value is -0.780. The van der Waals surface area contributed by atoms with E-state index in [1.807, 2.05) is 6.92 Å². The molecule has 0 aliphatic carbocycles. The highest BCUT2D eigenvalue weighted by atomic mass is 79.9. The molecular weight excluding hydrogens is 295 g/mol. The van der Waals surface area contributed by atoms with Crippen molar-refractivity contribution in [3.05, 3.63) is 21.1 Å². The van der Waals surface area contributed by atoms with E-state index in [1.165, 1.54) is 0 Å². The van der Waals surface area contributed by atoms with E-state index in [4.69, 9.17) is 22.1 Å². The number of carbonyl (C=O) groups excluding carboxylic acids is 1. The number of benzene rings is 1. The molecule has 1 atom stereocenters. The van der Waals surface area contributed by atoms with Crippen LogP contribution in [0.3, 0.4) is 0 Å². The van der Waals surface area contributed by atoms with Gasteiger partial charge in [-0.3, -0.25) is 4.79 Å². The third-order valence-corrected chi connectivity index (χ3v) is 3.55. The lowest BCUT2D eigenvalue weighted by molar-refractivity contribution is -0.123. The van der Waals surface area contributed by atoms with E-state index in [9.17, 15) is 4.79 Å². The third kappa shape index (κ3) is 1.79. The zero-order valence-electron chi connectivity index (χ0n) is 8.51. The van der Waals surface area contributed by atoms with Gasteiger partial charge < -0.3 is 15.8 Å². The number of halogens is 2. The zero-order valence-corrected chi connectivity index (χ0v) is 10.9. The van der Waals surface area contributed by atoms with Gasteiger partial charge in [0.25, 0.3) is 5.91 Å². The van der Waals surface area contributed by atoms with Gasteiger partial charge in [0.05, 0.1) is 10.7 Å². The number of carbonyl (C=O) groups is 1. The highest BCUT2D eigenvalue weighted by molar-refractivity contribution is 9.10. The van der Waals surface area contributed by atoms with Crippen LogP contribution in [-0.4, -0.2) is 18.6 Å². The molecule has 1 heterocycles. The lowest BCUT2D eigenvalue weighted by atomic mass is 10.1. The van der Waals surface area contributed by atoms with E-state index in [1.54, 1.807) is 6.07 Å². The Morgan fingerprint density at radius 3 is 3.00 bits per heavy atom. The Labute approximate surface area is 106 Å². The molecule has 6 heteroatoms. The Kier molecular flexibility index (Phi) is 3.10. The maximum absolute atomic E-state index is 11.6. The van der Waals surface area contributed by atoms with Crippen LogP contribution in [0, 0.1) is 6.92 Å². The number of nitrogens with one attached hydrogen (secondary N) is 1. The van der Waals surface area contributed by atoms with Crippen LogP contribution >= 0.6 is 27.5 Å². The molecule has 0 saturated heterocycles. The lowest BCUT2D eigenvalue weighted by Gasteiger charge is -2.27. The molecule has 0 spiro atoms. The number of ether oxygens (including phenoxy) is 1. The van der Waals surface area contributed by atoms with E-state index >= 15 is 0 Å². The lowest BCUT2D eigenvalue weighted by Crippen LogP contribution is -2.42. The van der Waals surface area contributed by atoms with Crippen LogP contribution in [0.1, 0.15) is 5.56 Å². The maximum atomic E-state index is 11.6. The second kappa shape index (κ2) is 4.24. The Morgan fingerprint density at radius 1 is 1.69 bits per heavy atom. The van der Waals surface area contributed by atoms with Crippen LogP contribution in [0.25, 0.3) is 0 Å². The Morgan fingerprint density at radius 2 is 2.38 bits per heavy atom. The SMILES string of the molecule is Cc1c(Br)cc(Cl)c2c1NC(=O)C(CN)O2. The van der Waals surface area contributed by atoms with Gasteiger partial charge in [-0.15, -0.1) is 0 Å². The van der Waals surface area contributed by atoms with Crippen LogP contribution in [-0.2, 0) is 4.79 Å². The monoisotopic (exact) mass is 304 g/mol. The summed E-state index contributed by atoms with van der Waals surface area (Å²) >= 11 is 9.40. The summed E-state index contributed by atoms with van der Waals surface area (Å²) in [5.74, 6) is 0.240. The first kappa shape index (κ1) is 11.7. The van der Waals surface area contributed by atoms with Crippen LogP contribution in [0.5, 0.6) is 5.75 Å². The predicted octanol–water partition coefficient (Wildman–Crippen LogP) is 2.07. The van der Waals surface area contributed by atoms with Crippen molar-refractivity contribution >= 4 is 39.1 Å². The summed E-state index contributed by atoms with van der Waals surface area (Å²) in [6, 6.07) is 1.74. The molecule has 1 aromatic rings. The fraction of sp³-hybridized carbons (Fsp3) is 0.300. The largest absolute Gasteiger partial charge is 0.475 e. The summed E-state index contributed by atoms with van der Waals surface area (Å²) in [7, 11) is 0. The van der Waals surface area contributed by atoms with Crippen molar-refractivity contribution < 1.29 is 9.53 Å². The average Bonchev–Trinajstić information content (AvgIpc) is 2.25. The van der Waals surface area contributed by atoms with E-state index < -0.39 is 6.10 Å². The second-order valence-electron chi connectivity index (χ2n) is 3.50. The molecule has 1 aliphatic heterocycles. The molecule has 0 saturated carbocycles. The van der Waals surface area contributed by atoms with Gasteiger partial charge in [0.1, 0.15) is 0 Å². The summed E-state index contributed by atoms with van der Waals surface area (Å²) in [5.41, 5.74) is 6.91. The molecule has 1 aliphatic rings. The molecule has 86 valence electrons. The molecule has 0 aromatic heterocycles. The van der Waals surface area contributed by atoms with Crippen molar-refractivity contribution in [2.24, 2.45) is 5.73 Å². The molecule has 2 rings (SSSR count). The fourth-order valence-corrected chi connectivity index (χ4v) is 2.32. The summed E-state index contributed by atoms with van der Waals surface area (Å²) in [6.07, 6.45) is -0.675. The molecule has 0 bridgehead atoms. The normalized spacial score (nSPS) is 18.8. The molecule has 3 N–H and O–H groups in total. The van der Waals surface area contributed by atoms with E-state index in [0.29, 0.717) is 16.5 Å². The molecule has 1 unspecified atom stereocenters. The van der Waals surface area contributed by atoms with E-state index in [2.05, 4.69) is 21.2 Å². The maximum Gasteiger partial charge on any atom is 0.266 e. The van der Waals surface area contributed by atoms with Crippen LogP contribution in [0.15, 0.2) is 10.5 Å². The summed E-state index contributed by atoms with van der Waals surface area (Å²) in [6.45, 7) is 1.99. The second-order valence-corrected chi connectivity index (χ2v) is 4.76. The van der Waals surface area contributed by atoms with Crippen molar-refractivity contribution in [2.75, 3.05) is 11.9 Å². The van der Waals surface area contributed by atoms with Crippen molar-refractivity contribution in [2.45, 2.75) is 13.0 Å². The number of amides is 1. The number of nitrogens with two attached hydrogens (primary N) is 1. The zero-order chi connectivity index (χ0) is 11.9. The third-order valence-electron chi connectivity index (χ3n) is 2.45. The molecule has 4 nitrogen and oxygen atoms in total. The first-order chi connectivity index (χ1) is 7.54. The molecular formula is C10H10BrClN2O2. The molecule has 0 radical (unpaired) electrons. The Balaban J connectivity index is 2.54. The number of hydrogen-bond acceptors (Lipinski definition) is 3. The van der Waals surface area contributed by atoms with Gasteiger partial charge in [-0.1, -0.05) is 27.5 Å². The minimum absolute atomic E-state index is 0.122. The number of anilines is 1. The van der Waals surface area contributed by atoms with Crippen LogP contribution < -0.4 is 15.8 Å². The quantitative estimate of drug-likeness (QED) is 0.835. The first-order valence-electron chi connectivity index (χ1n) is 4.70. The van der Waals surface area contributed by atoms with Gasteiger partial charge in [0, 0.05) is 11.0 Å². The number of hydrogen-bond donors (Lipinski definition) is 2. The molecule has 1 amide bonds. The number of fused-ring (bicyclic) bond motifs is 1. The smallest absolute Gasteiger partial charge is 0.266 e. The van der Waals surface area contributed by atoms with Crippen molar-refractivity contribution in [3.8, 4) is 5.75 Å². The summed E-state index contributed by atoms with van der Waals surface area (Å²) in [4.78, 5) is 11.6. The standard InChI is InChI=1S/C10H10BrClN2O2/c1-4-5(11)2-6(12)9-8(4)14-10(15)7(3-13)16-9/h2,7H,3,13H2,1H3,(H,14,15). The van der Waals surface area contributed by atoms with Gasteiger partial charge in [0.15, 0.2) is 11.9 Å². The van der Waals surface area contributed by atoms with Crippen molar-refractivity contribution in [3.63, 3.8) is 0 Å². The predicted molar refractivity (Wildman–Crippen MR) is 66.0 cm³/mol. The molecule has 0 fully saturated rings. The summed E-state index contributed by atoms with van der Waals surface area (Å²) in [5, 5.41) is 3.20. The van der Waals surface area contributed by atoms with Gasteiger partial charge >= 0.3 is 0 Å². The van der Waals surface area contributed by atoms with E-state index in [0.717, 1.165) is 10.0 Å². The van der Waals surface area contributed by atoms with Gasteiger partial charge in [-0.25, -0.2) is 0 Å². The highest BCUT2D eigenvalue weighted by Crippen LogP contribution is 2.42. The average molecular weight is 306 g/mol. The minimum atomic E-state index is -0.675. The number of rotatable bonds is 1. The topological polar surface area (TPSA) is 64.4 Å². The van der Waals surface area contributed by atoms with Crippen molar-refractivity contribution in [1.29, 1.82) is 0 Å². The van der Waals surface area contributed by atoms with Gasteiger partial charge in [0.2, 0.25) is 0 Å². The van der Waals surface area contributed by atoms with Crippen LogP contribution in [0.2, 0.25) is 5.02 Å². The molecule has 1 aromatic carbocycles. The Bertz CT molecular complexity index is 465. The summed E-state index contributed by atoms with van der Waals surface area (Å²) < 4.78 is 6.30. The van der Waals surface area contributed by atoms with E-state index in [-0.39, 0.29) is 12.5 Å². The molecule has 16 heavy (non-hydrogen) atoms. The highest BCUT2D eigenvalue weighted by Gasteiger charge is 2.29. The minimum Gasteiger partial charge on any atom is -0.475 e. The van der Waals surface area contributed by atoms with Gasteiger partial charge in [-0.2, -0.15) is 0 Å². The van der Waals surface area contributed by atoms with Crippen LogP contribution in [0.4, 0.5) is 5.69 Å². The first-order valence-corrected chi connectivity index (χ1v) is 5.88.